The lowest BCUT2D eigenvalue weighted by Crippen LogP contribution is -2.30. The molecule has 0 radical (unpaired) electrons. The van der Waals surface area contributed by atoms with Gasteiger partial charge in [0.05, 0.1) is 6.26 Å². The quantitative estimate of drug-likeness (QED) is 0.633. The summed E-state index contributed by atoms with van der Waals surface area (Å²) >= 11 is 0. The molecule has 4 heteroatoms. The van der Waals surface area contributed by atoms with Crippen molar-refractivity contribution in [2.75, 3.05) is 19.3 Å². The fourth-order valence-electron chi connectivity index (χ4n) is 0.893. The molecule has 0 saturated carbocycles. The van der Waals surface area contributed by atoms with Gasteiger partial charge < -0.3 is 0 Å². The van der Waals surface area contributed by atoms with Crippen LogP contribution < -0.4 is 0 Å². The minimum atomic E-state index is -2.95. The molecule has 0 N–H and O–H groups in total. The number of hydrogen-bond donors (Lipinski definition) is 0. The van der Waals surface area contributed by atoms with Gasteiger partial charge in [0, 0.05) is 13.1 Å². The smallest absolute Gasteiger partial charge is 0.211 e. The first kappa shape index (κ1) is 10.9. The monoisotopic (exact) mass is 179 g/mol. The third kappa shape index (κ3) is 4.37. The van der Waals surface area contributed by atoms with Crippen molar-refractivity contribution in [3.8, 4) is 0 Å². The van der Waals surface area contributed by atoms with Crippen molar-refractivity contribution in [3.63, 3.8) is 0 Å². The maximum atomic E-state index is 11.0. The molecule has 0 amide bonds. The zero-order chi connectivity index (χ0) is 8.91. The van der Waals surface area contributed by atoms with Gasteiger partial charge in [0.15, 0.2) is 0 Å². The lowest BCUT2D eigenvalue weighted by atomic mass is 10.3. The standard InChI is InChI=1S/C7H17NO2S/c1-4-6-7-8(5-2)11(3,9)10/h4-7H2,1-3H3. The lowest BCUT2D eigenvalue weighted by molar-refractivity contribution is 0.423. The summed E-state index contributed by atoms with van der Waals surface area (Å²) in [6.07, 6.45) is 3.24. The van der Waals surface area contributed by atoms with Crippen molar-refractivity contribution in [2.24, 2.45) is 0 Å². The topological polar surface area (TPSA) is 37.4 Å². The molecule has 0 heterocycles. The molecule has 0 saturated heterocycles. The van der Waals surface area contributed by atoms with Crippen molar-refractivity contribution < 1.29 is 8.42 Å². The molecule has 0 aliphatic carbocycles. The van der Waals surface area contributed by atoms with E-state index >= 15 is 0 Å². The Bertz CT molecular complexity index is 187. The molecule has 11 heavy (non-hydrogen) atoms. The van der Waals surface area contributed by atoms with E-state index in [9.17, 15) is 8.42 Å². The first-order chi connectivity index (χ1) is 5.02. The Morgan fingerprint density at radius 3 is 2.09 bits per heavy atom. The Labute approximate surface area is 69.4 Å². The summed E-state index contributed by atoms with van der Waals surface area (Å²) in [7, 11) is -2.95. The van der Waals surface area contributed by atoms with Crippen LogP contribution in [-0.2, 0) is 10.0 Å². The van der Waals surface area contributed by atoms with E-state index in [1.807, 2.05) is 6.92 Å². The molecule has 0 aromatic heterocycles. The van der Waals surface area contributed by atoms with Crippen LogP contribution in [-0.4, -0.2) is 32.1 Å². The Balaban J connectivity index is 3.97. The predicted octanol–water partition coefficient (Wildman–Crippen LogP) is 1.07. The van der Waals surface area contributed by atoms with Gasteiger partial charge in [-0.2, -0.15) is 0 Å². The Kier molecular flexibility index (Phi) is 4.68. The van der Waals surface area contributed by atoms with Crippen molar-refractivity contribution in [1.29, 1.82) is 0 Å². The highest BCUT2D eigenvalue weighted by molar-refractivity contribution is 7.88. The molecule has 0 unspecified atom stereocenters. The molecular formula is C7H17NO2S. The normalized spacial score (nSPS) is 12.4. The lowest BCUT2D eigenvalue weighted by Gasteiger charge is -2.16. The van der Waals surface area contributed by atoms with Gasteiger partial charge in [-0.15, -0.1) is 0 Å². The largest absolute Gasteiger partial charge is 0.213 e. The predicted molar refractivity (Wildman–Crippen MR) is 47.0 cm³/mol. The molecule has 0 bridgehead atoms. The van der Waals surface area contributed by atoms with Gasteiger partial charge in [0.25, 0.3) is 0 Å². The highest BCUT2D eigenvalue weighted by Crippen LogP contribution is 1.99. The van der Waals surface area contributed by atoms with Gasteiger partial charge in [-0.05, 0) is 6.42 Å². The number of hydrogen-bond acceptors (Lipinski definition) is 2. The highest BCUT2D eigenvalue weighted by atomic mass is 32.2. The molecule has 0 rings (SSSR count). The van der Waals surface area contributed by atoms with Crippen LogP contribution in [0.4, 0.5) is 0 Å². The summed E-state index contributed by atoms with van der Waals surface area (Å²) < 4.78 is 23.5. The van der Waals surface area contributed by atoms with Crippen LogP contribution in [0, 0.1) is 0 Å². The van der Waals surface area contributed by atoms with Crippen LogP contribution in [0.3, 0.4) is 0 Å². The summed E-state index contributed by atoms with van der Waals surface area (Å²) in [5.41, 5.74) is 0. The van der Waals surface area contributed by atoms with Gasteiger partial charge in [-0.25, -0.2) is 12.7 Å². The van der Waals surface area contributed by atoms with E-state index in [2.05, 4.69) is 6.92 Å². The van der Waals surface area contributed by atoms with Crippen molar-refractivity contribution in [2.45, 2.75) is 26.7 Å². The average Bonchev–Trinajstić information content (AvgIpc) is 1.87. The van der Waals surface area contributed by atoms with Crippen molar-refractivity contribution in [1.82, 2.24) is 4.31 Å². The van der Waals surface area contributed by atoms with Crippen LogP contribution in [0.2, 0.25) is 0 Å². The Morgan fingerprint density at radius 1 is 1.27 bits per heavy atom. The van der Waals surface area contributed by atoms with Crippen LogP contribution >= 0.6 is 0 Å². The van der Waals surface area contributed by atoms with E-state index in [0.29, 0.717) is 13.1 Å². The Morgan fingerprint density at radius 2 is 1.82 bits per heavy atom. The van der Waals surface area contributed by atoms with Crippen LogP contribution in [0.5, 0.6) is 0 Å². The fraction of sp³-hybridized carbons (Fsp3) is 1.00. The second kappa shape index (κ2) is 4.72. The van der Waals surface area contributed by atoms with Gasteiger partial charge in [0.1, 0.15) is 0 Å². The van der Waals surface area contributed by atoms with E-state index in [0.717, 1.165) is 12.8 Å². The first-order valence-corrected chi connectivity index (χ1v) is 5.82. The molecule has 3 nitrogen and oxygen atoms in total. The summed E-state index contributed by atoms with van der Waals surface area (Å²) in [6, 6.07) is 0. The van der Waals surface area contributed by atoms with Crippen LogP contribution in [0.1, 0.15) is 26.7 Å². The number of unbranched alkanes of at least 4 members (excludes halogenated alkanes) is 1. The van der Waals surface area contributed by atoms with Crippen LogP contribution in [0.15, 0.2) is 0 Å². The summed E-state index contributed by atoms with van der Waals surface area (Å²) in [5.74, 6) is 0. The first-order valence-electron chi connectivity index (χ1n) is 3.97. The van der Waals surface area contributed by atoms with Crippen molar-refractivity contribution >= 4 is 10.0 Å². The summed E-state index contributed by atoms with van der Waals surface area (Å²) in [5, 5.41) is 0. The summed E-state index contributed by atoms with van der Waals surface area (Å²) in [4.78, 5) is 0. The SMILES string of the molecule is CCCCN(CC)S(C)(=O)=O. The number of sulfonamides is 1. The third-order valence-corrected chi connectivity index (χ3v) is 2.96. The molecule has 0 aromatic carbocycles. The number of nitrogens with zero attached hydrogens (tertiary/aromatic N) is 1. The maximum Gasteiger partial charge on any atom is 0.211 e. The van der Waals surface area contributed by atoms with E-state index in [1.54, 1.807) is 0 Å². The second-order valence-corrected chi connectivity index (χ2v) is 4.59. The minimum Gasteiger partial charge on any atom is -0.213 e. The van der Waals surface area contributed by atoms with Gasteiger partial charge in [-0.3, -0.25) is 0 Å². The Hall–Kier alpha value is -0.0900. The second-order valence-electron chi connectivity index (χ2n) is 2.61. The molecule has 0 fully saturated rings. The molecule has 0 aromatic rings. The van der Waals surface area contributed by atoms with E-state index in [-0.39, 0.29) is 0 Å². The summed E-state index contributed by atoms with van der Waals surface area (Å²) in [6.45, 7) is 5.15. The maximum absolute atomic E-state index is 11.0. The average molecular weight is 179 g/mol. The number of rotatable bonds is 5. The molecule has 0 spiro atoms. The van der Waals surface area contributed by atoms with Crippen molar-refractivity contribution in [3.05, 3.63) is 0 Å². The van der Waals surface area contributed by atoms with E-state index in [1.165, 1.54) is 10.6 Å². The molecule has 0 atom stereocenters. The molecule has 0 aliphatic heterocycles. The minimum absolute atomic E-state index is 0.582. The van der Waals surface area contributed by atoms with Crippen LogP contribution in [0.25, 0.3) is 0 Å². The van der Waals surface area contributed by atoms with E-state index < -0.39 is 10.0 Å². The van der Waals surface area contributed by atoms with E-state index in [4.69, 9.17) is 0 Å². The van der Waals surface area contributed by atoms with Gasteiger partial charge >= 0.3 is 0 Å². The molecular weight excluding hydrogens is 162 g/mol. The zero-order valence-corrected chi connectivity index (χ0v) is 8.32. The third-order valence-electron chi connectivity index (χ3n) is 1.58. The zero-order valence-electron chi connectivity index (χ0n) is 7.50. The molecule has 0 aliphatic rings. The van der Waals surface area contributed by atoms with Gasteiger partial charge in [0.2, 0.25) is 10.0 Å². The highest BCUT2D eigenvalue weighted by Gasteiger charge is 2.12. The van der Waals surface area contributed by atoms with Gasteiger partial charge in [-0.1, -0.05) is 20.3 Å². The fourth-order valence-corrected chi connectivity index (χ4v) is 1.82. The molecule has 68 valence electrons.